The highest BCUT2D eigenvalue weighted by Crippen LogP contribution is 2.40. The van der Waals surface area contributed by atoms with E-state index in [0.29, 0.717) is 12.4 Å². The Bertz CT molecular complexity index is 1150. The molecule has 1 fully saturated rings. The molecule has 0 saturated carbocycles. The van der Waals surface area contributed by atoms with Gasteiger partial charge in [-0.15, -0.1) is 11.3 Å². The summed E-state index contributed by atoms with van der Waals surface area (Å²) in [7, 11) is 0. The Labute approximate surface area is 192 Å². The van der Waals surface area contributed by atoms with Crippen LogP contribution in [0.15, 0.2) is 72.8 Å². The van der Waals surface area contributed by atoms with Crippen LogP contribution in [-0.4, -0.2) is 36.2 Å². The minimum Gasteiger partial charge on any atom is -0.507 e. The van der Waals surface area contributed by atoms with Gasteiger partial charge in [0, 0.05) is 21.7 Å². The zero-order valence-corrected chi connectivity index (χ0v) is 18.8. The van der Waals surface area contributed by atoms with Crippen LogP contribution < -0.4 is 9.47 Å². The molecular weight excluding hydrogens is 418 g/mol. The van der Waals surface area contributed by atoms with Gasteiger partial charge in [0.2, 0.25) is 0 Å². The van der Waals surface area contributed by atoms with Gasteiger partial charge >= 0.3 is 0 Å². The quantitative estimate of drug-likeness (QED) is 0.335. The van der Waals surface area contributed by atoms with Crippen LogP contribution in [0.5, 0.6) is 23.0 Å². The molecule has 0 radical (unpaired) electrons. The van der Waals surface area contributed by atoms with E-state index in [9.17, 15) is 5.11 Å². The number of nitrogens with zero attached hydrogens (tertiary/aromatic N) is 1. The monoisotopic (exact) mass is 445 g/mol. The van der Waals surface area contributed by atoms with Crippen molar-refractivity contribution < 1.29 is 14.6 Å². The maximum absolute atomic E-state index is 10.4. The second-order valence-electron chi connectivity index (χ2n) is 8.15. The summed E-state index contributed by atoms with van der Waals surface area (Å²) in [5.74, 6) is 2.53. The number of likely N-dealkylation sites (tertiary alicyclic amines) is 1. The minimum absolute atomic E-state index is 0.251. The van der Waals surface area contributed by atoms with E-state index >= 15 is 0 Å². The Morgan fingerprint density at radius 2 is 1.56 bits per heavy atom. The number of rotatable bonds is 7. The zero-order chi connectivity index (χ0) is 21.8. The van der Waals surface area contributed by atoms with E-state index in [4.69, 9.17) is 9.47 Å². The molecule has 0 bridgehead atoms. The molecule has 1 saturated heterocycles. The highest BCUT2D eigenvalue weighted by Gasteiger charge is 2.12. The van der Waals surface area contributed by atoms with E-state index in [2.05, 4.69) is 23.1 Å². The van der Waals surface area contributed by atoms with Crippen molar-refractivity contribution in [2.45, 2.75) is 19.3 Å². The Balaban J connectivity index is 1.23. The molecule has 1 N–H and O–H groups in total. The standard InChI is InChI=1S/C27H27NO3S/c29-25-13-12-23(19-24(25)27-18-20-6-2-3-7-26(20)32-27)31-22-10-8-21(9-11-22)30-17-16-28-14-4-1-5-15-28/h2-3,6-13,18-19,29H,1,4-5,14-17H2. The fourth-order valence-corrected chi connectivity index (χ4v) is 5.19. The van der Waals surface area contributed by atoms with Crippen molar-refractivity contribution in [3.63, 3.8) is 0 Å². The number of fused-ring (bicyclic) bond motifs is 1. The first-order chi connectivity index (χ1) is 15.7. The van der Waals surface area contributed by atoms with Gasteiger partial charge in [0.25, 0.3) is 0 Å². The van der Waals surface area contributed by atoms with Gasteiger partial charge in [0.05, 0.1) is 0 Å². The first kappa shape index (κ1) is 20.9. The van der Waals surface area contributed by atoms with Gasteiger partial charge < -0.3 is 14.6 Å². The summed E-state index contributed by atoms with van der Waals surface area (Å²) in [4.78, 5) is 3.49. The van der Waals surface area contributed by atoms with Crippen molar-refractivity contribution in [2.24, 2.45) is 0 Å². The molecule has 5 rings (SSSR count). The molecule has 0 aliphatic carbocycles. The third kappa shape index (κ3) is 4.90. The average molecular weight is 446 g/mol. The summed E-state index contributed by atoms with van der Waals surface area (Å²) in [5.41, 5.74) is 0.779. The second-order valence-corrected chi connectivity index (χ2v) is 9.24. The first-order valence-corrected chi connectivity index (χ1v) is 12.0. The third-order valence-corrected chi connectivity index (χ3v) is 6.99. The summed E-state index contributed by atoms with van der Waals surface area (Å²) in [6.07, 6.45) is 3.95. The summed E-state index contributed by atoms with van der Waals surface area (Å²) in [5, 5.41) is 11.6. The van der Waals surface area contributed by atoms with Crippen molar-refractivity contribution in [1.82, 2.24) is 4.90 Å². The van der Waals surface area contributed by atoms with E-state index in [1.165, 1.54) is 42.4 Å². The number of piperidine rings is 1. The van der Waals surface area contributed by atoms with Crippen molar-refractivity contribution in [3.05, 3.63) is 72.8 Å². The summed E-state index contributed by atoms with van der Waals surface area (Å²) >= 11 is 1.66. The normalized spacial score (nSPS) is 14.5. The molecule has 2 heterocycles. The molecule has 4 nitrogen and oxygen atoms in total. The number of phenolic OH excluding ortho intramolecular Hbond substituents is 1. The van der Waals surface area contributed by atoms with Gasteiger partial charge in [0.15, 0.2) is 0 Å². The first-order valence-electron chi connectivity index (χ1n) is 11.2. The average Bonchev–Trinajstić information content (AvgIpc) is 3.26. The maximum Gasteiger partial charge on any atom is 0.128 e. The number of benzene rings is 3. The Morgan fingerprint density at radius 1 is 0.812 bits per heavy atom. The zero-order valence-electron chi connectivity index (χ0n) is 18.0. The van der Waals surface area contributed by atoms with Crippen molar-refractivity contribution in [2.75, 3.05) is 26.2 Å². The lowest BCUT2D eigenvalue weighted by Crippen LogP contribution is -2.33. The van der Waals surface area contributed by atoms with Crippen LogP contribution in [0.4, 0.5) is 0 Å². The highest BCUT2D eigenvalue weighted by molar-refractivity contribution is 7.22. The molecule has 0 amide bonds. The maximum atomic E-state index is 10.4. The molecule has 0 atom stereocenters. The van der Waals surface area contributed by atoms with Crippen molar-refractivity contribution in [1.29, 1.82) is 0 Å². The Kier molecular flexibility index (Phi) is 6.28. The number of thiophene rings is 1. The summed E-state index contributed by atoms with van der Waals surface area (Å²) < 4.78 is 13.2. The molecule has 1 aromatic heterocycles. The predicted octanol–water partition coefficient (Wildman–Crippen LogP) is 6.93. The lowest BCUT2D eigenvalue weighted by atomic mass is 10.1. The van der Waals surface area contributed by atoms with E-state index in [-0.39, 0.29) is 5.75 Å². The lowest BCUT2D eigenvalue weighted by molar-refractivity contribution is 0.183. The van der Waals surface area contributed by atoms with Gasteiger partial charge in [-0.25, -0.2) is 0 Å². The summed E-state index contributed by atoms with van der Waals surface area (Å²) in [6, 6.07) is 23.4. The molecule has 4 aromatic rings. The smallest absolute Gasteiger partial charge is 0.128 e. The molecule has 3 aromatic carbocycles. The Morgan fingerprint density at radius 3 is 2.38 bits per heavy atom. The van der Waals surface area contributed by atoms with Crippen molar-refractivity contribution >= 4 is 21.4 Å². The third-order valence-electron chi connectivity index (χ3n) is 5.84. The number of aromatic hydroxyl groups is 1. The fourth-order valence-electron chi connectivity index (χ4n) is 4.11. The number of phenols is 1. The number of hydrogen-bond acceptors (Lipinski definition) is 5. The van der Waals surface area contributed by atoms with Crippen LogP contribution in [0.2, 0.25) is 0 Å². The lowest BCUT2D eigenvalue weighted by Gasteiger charge is -2.26. The minimum atomic E-state index is 0.251. The molecule has 0 spiro atoms. The van der Waals surface area contributed by atoms with E-state index < -0.39 is 0 Å². The molecule has 1 aliphatic heterocycles. The number of ether oxygens (including phenoxy) is 2. The van der Waals surface area contributed by atoms with E-state index in [0.717, 1.165) is 28.5 Å². The molecular formula is C27H27NO3S. The largest absolute Gasteiger partial charge is 0.507 e. The fraction of sp³-hybridized carbons (Fsp3) is 0.259. The van der Waals surface area contributed by atoms with Crippen LogP contribution in [0.3, 0.4) is 0 Å². The van der Waals surface area contributed by atoms with Crippen LogP contribution in [0.25, 0.3) is 20.5 Å². The van der Waals surface area contributed by atoms with Gasteiger partial charge in [-0.3, -0.25) is 4.90 Å². The van der Waals surface area contributed by atoms with Gasteiger partial charge in [-0.2, -0.15) is 0 Å². The van der Waals surface area contributed by atoms with Gasteiger partial charge in [-0.05, 0) is 85.9 Å². The highest BCUT2D eigenvalue weighted by atomic mass is 32.1. The van der Waals surface area contributed by atoms with E-state index in [1.54, 1.807) is 23.5 Å². The van der Waals surface area contributed by atoms with Crippen LogP contribution in [0.1, 0.15) is 19.3 Å². The predicted molar refractivity (Wildman–Crippen MR) is 131 cm³/mol. The molecule has 0 unspecified atom stereocenters. The topological polar surface area (TPSA) is 41.9 Å². The molecule has 5 heteroatoms. The summed E-state index contributed by atoms with van der Waals surface area (Å²) in [6.45, 7) is 4.06. The Hall–Kier alpha value is -3.02. The molecule has 32 heavy (non-hydrogen) atoms. The molecule has 164 valence electrons. The van der Waals surface area contributed by atoms with Crippen LogP contribution in [0, 0.1) is 0 Å². The van der Waals surface area contributed by atoms with Crippen LogP contribution >= 0.6 is 11.3 Å². The SMILES string of the molecule is Oc1ccc(Oc2ccc(OCCN3CCCCC3)cc2)cc1-c1cc2ccccc2s1. The van der Waals surface area contributed by atoms with Crippen LogP contribution in [-0.2, 0) is 0 Å². The second kappa shape index (κ2) is 9.63. The number of hydrogen-bond donors (Lipinski definition) is 1. The van der Waals surface area contributed by atoms with Gasteiger partial charge in [-0.1, -0.05) is 24.6 Å². The van der Waals surface area contributed by atoms with E-state index in [1.807, 2.05) is 42.5 Å². The molecule has 1 aliphatic rings. The van der Waals surface area contributed by atoms with Crippen molar-refractivity contribution in [3.8, 4) is 33.4 Å². The van der Waals surface area contributed by atoms with Gasteiger partial charge in [0.1, 0.15) is 29.6 Å².